The van der Waals surface area contributed by atoms with Gasteiger partial charge in [-0.25, -0.2) is 9.78 Å². The van der Waals surface area contributed by atoms with Crippen molar-refractivity contribution < 1.29 is 19.2 Å². The molecule has 0 heterocycles. The van der Waals surface area contributed by atoms with Gasteiger partial charge in [-0.3, -0.25) is 0 Å². The summed E-state index contributed by atoms with van der Waals surface area (Å²) in [4.78, 5) is 9.53. The van der Waals surface area contributed by atoms with Crippen LogP contribution in [0.15, 0.2) is 0 Å². The van der Waals surface area contributed by atoms with Crippen LogP contribution in [-0.4, -0.2) is 33.2 Å². The molecule has 0 unspecified atom stereocenters. The van der Waals surface area contributed by atoms with Crippen molar-refractivity contribution in [2.45, 2.75) is 129 Å². The van der Waals surface area contributed by atoms with Crippen molar-refractivity contribution in [3.63, 3.8) is 0 Å². The zero-order valence-electron chi connectivity index (χ0n) is 19.4. The maximum atomic E-state index is 6.07. The second-order valence-electron chi connectivity index (χ2n) is 7.90. The number of hydrogen-bond acceptors (Lipinski definition) is 4. The average Bonchev–Trinajstić information content (AvgIpc) is 2.71. The van der Waals surface area contributed by atoms with Crippen LogP contribution >= 0.6 is 0 Å². The largest absolute Gasteiger partial charge is 0.353 e. The summed E-state index contributed by atoms with van der Waals surface area (Å²) in [6.45, 7) is 6.89. The summed E-state index contributed by atoms with van der Waals surface area (Å²) >= 11 is 0. The van der Waals surface area contributed by atoms with E-state index in [9.17, 15) is 0 Å². The minimum Gasteiger partial charge on any atom is -0.353 e. The van der Waals surface area contributed by atoms with Crippen LogP contribution in [0.2, 0.25) is 0 Å². The fourth-order valence-corrected chi connectivity index (χ4v) is 3.32. The van der Waals surface area contributed by atoms with E-state index in [1.54, 1.807) is 7.11 Å². The van der Waals surface area contributed by atoms with Gasteiger partial charge in [-0.1, -0.05) is 90.9 Å². The summed E-state index contributed by atoms with van der Waals surface area (Å²) < 4.78 is 12.1. The monoisotopic (exact) mass is 402 g/mol. The Morgan fingerprint density at radius 3 is 1.43 bits per heavy atom. The lowest BCUT2D eigenvalue weighted by Gasteiger charge is -2.19. The number of rotatable bonds is 24. The van der Waals surface area contributed by atoms with Gasteiger partial charge >= 0.3 is 0 Å². The molecule has 0 bridgehead atoms. The SMILES string of the molecule is CCCCCCCCOC(CCCCCCOOC)OCCCCCCCC. The van der Waals surface area contributed by atoms with Crippen molar-refractivity contribution in [3.8, 4) is 0 Å². The first-order chi connectivity index (χ1) is 13.8. The molecule has 0 atom stereocenters. The molecule has 0 saturated carbocycles. The van der Waals surface area contributed by atoms with Gasteiger partial charge in [-0.05, 0) is 32.1 Å². The van der Waals surface area contributed by atoms with Crippen molar-refractivity contribution in [2.75, 3.05) is 26.9 Å². The van der Waals surface area contributed by atoms with Crippen LogP contribution < -0.4 is 0 Å². The molecule has 0 aromatic rings. The van der Waals surface area contributed by atoms with Crippen LogP contribution in [0.5, 0.6) is 0 Å². The third-order valence-corrected chi connectivity index (χ3v) is 5.14. The molecule has 4 heteroatoms. The highest BCUT2D eigenvalue weighted by Crippen LogP contribution is 2.13. The van der Waals surface area contributed by atoms with Gasteiger partial charge in [0.2, 0.25) is 0 Å². The lowest BCUT2D eigenvalue weighted by molar-refractivity contribution is -0.272. The van der Waals surface area contributed by atoms with Crippen LogP contribution in [0.25, 0.3) is 0 Å². The van der Waals surface area contributed by atoms with E-state index in [0.29, 0.717) is 6.61 Å². The van der Waals surface area contributed by atoms with E-state index in [1.807, 2.05) is 0 Å². The molecule has 0 aromatic carbocycles. The maximum absolute atomic E-state index is 6.07. The molecule has 170 valence electrons. The summed E-state index contributed by atoms with van der Waals surface area (Å²) in [6, 6.07) is 0. The van der Waals surface area contributed by atoms with Crippen LogP contribution in [0.3, 0.4) is 0 Å². The predicted octanol–water partition coefficient (Wildman–Crippen LogP) is 7.60. The van der Waals surface area contributed by atoms with E-state index in [4.69, 9.17) is 14.4 Å². The Hall–Kier alpha value is -0.160. The summed E-state index contributed by atoms with van der Waals surface area (Å²) in [5.41, 5.74) is 0. The van der Waals surface area contributed by atoms with Crippen molar-refractivity contribution >= 4 is 0 Å². The Bertz CT molecular complexity index is 231. The standard InChI is InChI=1S/C24H50O4/c1-4-6-8-10-13-17-21-26-24(20-16-12-15-19-23-28-25-3)27-22-18-14-11-9-7-5-2/h24H,4-23H2,1-3H3. The van der Waals surface area contributed by atoms with Gasteiger partial charge < -0.3 is 9.47 Å². The Kier molecular flexibility index (Phi) is 24.7. The third-order valence-electron chi connectivity index (χ3n) is 5.14. The van der Waals surface area contributed by atoms with Gasteiger partial charge in [0, 0.05) is 13.2 Å². The molecule has 4 nitrogen and oxygen atoms in total. The second kappa shape index (κ2) is 24.9. The second-order valence-corrected chi connectivity index (χ2v) is 7.90. The minimum absolute atomic E-state index is 0.0125. The highest BCUT2D eigenvalue weighted by atomic mass is 17.2. The maximum Gasteiger partial charge on any atom is 0.157 e. The topological polar surface area (TPSA) is 36.9 Å². The van der Waals surface area contributed by atoms with Gasteiger partial charge in [0.1, 0.15) is 0 Å². The molecule has 0 spiro atoms. The van der Waals surface area contributed by atoms with E-state index in [-0.39, 0.29) is 6.29 Å². The Morgan fingerprint density at radius 2 is 0.929 bits per heavy atom. The fraction of sp³-hybridized carbons (Fsp3) is 1.00. The number of unbranched alkanes of at least 4 members (excludes halogenated alkanes) is 13. The smallest absolute Gasteiger partial charge is 0.157 e. The van der Waals surface area contributed by atoms with Gasteiger partial charge in [0.05, 0.1) is 13.7 Å². The van der Waals surface area contributed by atoms with Crippen molar-refractivity contribution in [1.82, 2.24) is 0 Å². The van der Waals surface area contributed by atoms with Crippen molar-refractivity contribution in [1.29, 1.82) is 0 Å². The lowest BCUT2D eigenvalue weighted by atomic mass is 10.1. The molecule has 0 aliphatic carbocycles. The summed E-state index contributed by atoms with van der Waals surface area (Å²) in [7, 11) is 1.56. The van der Waals surface area contributed by atoms with Crippen LogP contribution in [0.1, 0.15) is 123 Å². The van der Waals surface area contributed by atoms with Crippen molar-refractivity contribution in [3.05, 3.63) is 0 Å². The molecule has 0 aliphatic heterocycles. The first-order valence-corrected chi connectivity index (χ1v) is 12.2. The van der Waals surface area contributed by atoms with E-state index in [0.717, 1.165) is 45.3 Å². The van der Waals surface area contributed by atoms with E-state index in [1.165, 1.54) is 77.0 Å². The lowest BCUT2D eigenvalue weighted by Crippen LogP contribution is -2.19. The number of ether oxygens (including phenoxy) is 2. The Morgan fingerprint density at radius 1 is 0.500 bits per heavy atom. The Balaban J connectivity index is 3.80. The highest BCUT2D eigenvalue weighted by Gasteiger charge is 2.09. The van der Waals surface area contributed by atoms with Crippen LogP contribution in [0.4, 0.5) is 0 Å². The van der Waals surface area contributed by atoms with E-state index >= 15 is 0 Å². The fourth-order valence-electron chi connectivity index (χ4n) is 3.32. The van der Waals surface area contributed by atoms with Crippen LogP contribution in [-0.2, 0) is 19.2 Å². The molecular formula is C24H50O4. The third kappa shape index (κ3) is 22.1. The summed E-state index contributed by atoms with van der Waals surface area (Å²) in [5.74, 6) is 0. The van der Waals surface area contributed by atoms with Crippen LogP contribution in [0, 0.1) is 0 Å². The molecule has 0 N–H and O–H groups in total. The van der Waals surface area contributed by atoms with Crippen molar-refractivity contribution in [2.24, 2.45) is 0 Å². The first-order valence-electron chi connectivity index (χ1n) is 12.2. The van der Waals surface area contributed by atoms with E-state index in [2.05, 4.69) is 18.7 Å². The molecular weight excluding hydrogens is 352 g/mol. The summed E-state index contributed by atoms with van der Waals surface area (Å²) in [6.07, 6.45) is 21.2. The quantitative estimate of drug-likeness (QED) is 0.0721. The van der Waals surface area contributed by atoms with Gasteiger partial charge in [-0.2, -0.15) is 0 Å². The molecule has 0 aromatic heterocycles. The first kappa shape index (κ1) is 27.8. The zero-order valence-corrected chi connectivity index (χ0v) is 19.4. The average molecular weight is 403 g/mol. The molecule has 0 aliphatic rings. The van der Waals surface area contributed by atoms with Gasteiger partial charge in [-0.15, -0.1) is 0 Å². The molecule has 28 heavy (non-hydrogen) atoms. The zero-order chi connectivity index (χ0) is 20.5. The molecule has 0 amide bonds. The van der Waals surface area contributed by atoms with E-state index < -0.39 is 0 Å². The predicted molar refractivity (Wildman–Crippen MR) is 118 cm³/mol. The Labute approximate surface area is 176 Å². The molecule has 0 rings (SSSR count). The summed E-state index contributed by atoms with van der Waals surface area (Å²) in [5, 5.41) is 0. The van der Waals surface area contributed by atoms with Gasteiger partial charge in [0.15, 0.2) is 6.29 Å². The minimum atomic E-state index is -0.0125. The molecule has 0 fully saturated rings. The molecule has 0 radical (unpaired) electrons. The number of hydrogen-bond donors (Lipinski definition) is 0. The normalized spacial score (nSPS) is 11.6. The molecule has 0 saturated heterocycles. The highest BCUT2D eigenvalue weighted by molar-refractivity contribution is 4.52. The van der Waals surface area contributed by atoms with Gasteiger partial charge in [0.25, 0.3) is 0 Å².